The van der Waals surface area contributed by atoms with E-state index in [2.05, 4.69) is 4.98 Å². The molecule has 1 aliphatic heterocycles. The van der Waals surface area contributed by atoms with Crippen LogP contribution in [0.15, 0.2) is 15.7 Å². The number of rotatable bonds is 2. The molecule has 1 aromatic rings. The lowest BCUT2D eigenvalue weighted by atomic mass is 10.3. The van der Waals surface area contributed by atoms with E-state index in [1.165, 1.54) is 6.07 Å². The van der Waals surface area contributed by atoms with Crippen LogP contribution in [-0.2, 0) is 6.54 Å². The van der Waals surface area contributed by atoms with Crippen molar-refractivity contribution in [1.29, 1.82) is 5.41 Å². The second kappa shape index (κ2) is 4.13. The molecular formula is C9H11ClN4O2. The first-order valence-corrected chi connectivity index (χ1v) is 5.25. The molecular weight excluding hydrogens is 232 g/mol. The van der Waals surface area contributed by atoms with Crippen LogP contribution in [0, 0.1) is 5.41 Å². The molecule has 0 aromatic carbocycles. The SMILES string of the molecule is N=C1CCCN1Cc1cc(=O)[nH]c(=O)n1Cl. The summed E-state index contributed by atoms with van der Waals surface area (Å²) in [7, 11) is 0. The van der Waals surface area contributed by atoms with Crippen LogP contribution < -0.4 is 11.2 Å². The number of nitrogens with zero attached hydrogens (tertiary/aromatic N) is 2. The maximum atomic E-state index is 11.2. The Hall–Kier alpha value is -1.56. The van der Waals surface area contributed by atoms with Crippen molar-refractivity contribution >= 4 is 17.6 Å². The predicted octanol–water partition coefficient (Wildman–Crippen LogP) is 0.112. The molecule has 0 atom stereocenters. The summed E-state index contributed by atoms with van der Waals surface area (Å²) in [6.45, 7) is 1.08. The second-order valence-electron chi connectivity index (χ2n) is 3.68. The van der Waals surface area contributed by atoms with Gasteiger partial charge >= 0.3 is 5.69 Å². The quantitative estimate of drug-likeness (QED) is 0.772. The van der Waals surface area contributed by atoms with Crippen LogP contribution in [0.3, 0.4) is 0 Å². The Kier molecular flexibility index (Phi) is 2.82. The van der Waals surface area contributed by atoms with Crippen molar-refractivity contribution < 1.29 is 0 Å². The van der Waals surface area contributed by atoms with Crippen molar-refractivity contribution in [1.82, 2.24) is 14.0 Å². The maximum absolute atomic E-state index is 11.2. The Bertz CT molecular complexity index is 533. The fraction of sp³-hybridized carbons (Fsp3) is 0.444. The number of amidine groups is 1. The van der Waals surface area contributed by atoms with E-state index in [0.717, 1.165) is 23.5 Å². The maximum Gasteiger partial charge on any atom is 0.343 e. The lowest BCUT2D eigenvalue weighted by Gasteiger charge is -2.17. The van der Waals surface area contributed by atoms with Crippen LogP contribution in [-0.4, -0.2) is 26.4 Å². The molecule has 2 N–H and O–H groups in total. The van der Waals surface area contributed by atoms with E-state index in [4.69, 9.17) is 17.2 Å². The fourth-order valence-corrected chi connectivity index (χ4v) is 1.88. The third-order valence-corrected chi connectivity index (χ3v) is 2.91. The minimum Gasteiger partial charge on any atom is -0.355 e. The third-order valence-electron chi connectivity index (χ3n) is 2.53. The van der Waals surface area contributed by atoms with Gasteiger partial charge in [-0.15, -0.1) is 0 Å². The van der Waals surface area contributed by atoms with Crippen molar-refractivity contribution in [3.8, 4) is 0 Å². The average molecular weight is 243 g/mol. The fourth-order valence-electron chi connectivity index (χ4n) is 1.74. The van der Waals surface area contributed by atoms with E-state index in [9.17, 15) is 9.59 Å². The minimum atomic E-state index is -0.644. The molecule has 1 saturated heterocycles. The summed E-state index contributed by atoms with van der Waals surface area (Å²) >= 11 is 5.73. The third kappa shape index (κ3) is 2.01. The molecule has 0 saturated carbocycles. The molecule has 1 aromatic heterocycles. The van der Waals surface area contributed by atoms with Crippen LogP contribution in [0.4, 0.5) is 0 Å². The van der Waals surface area contributed by atoms with Crippen molar-refractivity contribution in [3.05, 3.63) is 32.6 Å². The standard InChI is InChI=1S/C9H11ClN4O2/c10-14-6(4-8(15)12-9(14)16)5-13-3-1-2-7(13)11/h4,11H,1-3,5H2,(H,12,15,16). The van der Waals surface area contributed by atoms with Gasteiger partial charge in [-0.05, 0) is 6.42 Å². The van der Waals surface area contributed by atoms with E-state index < -0.39 is 11.2 Å². The van der Waals surface area contributed by atoms with Crippen molar-refractivity contribution in [3.63, 3.8) is 0 Å². The minimum absolute atomic E-state index is 0.321. The van der Waals surface area contributed by atoms with Gasteiger partial charge in [0.2, 0.25) is 0 Å². The van der Waals surface area contributed by atoms with Crippen LogP contribution in [0.5, 0.6) is 0 Å². The summed E-state index contributed by atoms with van der Waals surface area (Å²) in [6.07, 6.45) is 1.66. The van der Waals surface area contributed by atoms with Gasteiger partial charge in [-0.2, -0.15) is 0 Å². The number of aromatic amines is 1. The molecule has 0 bridgehead atoms. The van der Waals surface area contributed by atoms with Gasteiger partial charge in [0.05, 0.1) is 18.1 Å². The molecule has 0 spiro atoms. The van der Waals surface area contributed by atoms with Gasteiger partial charge in [-0.25, -0.2) is 8.88 Å². The van der Waals surface area contributed by atoms with Crippen molar-refractivity contribution in [2.75, 3.05) is 6.54 Å². The molecule has 1 fully saturated rings. The molecule has 0 aliphatic carbocycles. The number of aromatic nitrogens is 2. The molecule has 1 aliphatic rings. The summed E-state index contributed by atoms with van der Waals surface area (Å²) in [5.74, 6) is 0.518. The van der Waals surface area contributed by atoms with Gasteiger partial charge in [0.25, 0.3) is 5.56 Å². The highest BCUT2D eigenvalue weighted by Crippen LogP contribution is 2.13. The van der Waals surface area contributed by atoms with E-state index in [1.54, 1.807) is 4.90 Å². The monoisotopic (exact) mass is 242 g/mol. The zero-order valence-corrected chi connectivity index (χ0v) is 9.25. The normalized spacial score (nSPS) is 15.8. The first-order valence-electron chi connectivity index (χ1n) is 4.92. The van der Waals surface area contributed by atoms with Gasteiger partial charge in [0.1, 0.15) is 0 Å². The molecule has 7 heteroatoms. The Morgan fingerprint density at radius 1 is 1.50 bits per heavy atom. The summed E-state index contributed by atoms with van der Waals surface area (Å²) in [5, 5.41) is 7.64. The van der Waals surface area contributed by atoms with E-state index in [1.807, 2.05) is 0 Å². The van der Waals surface area contributed by atoms with Crippen LogP contribution >= 0.6 is 11.8 Å². The highest BCUT2D eigenvalue weighted by molar-refractivity contribution is 6.15. The molecule has 0 amide bonds. The largest absolute Gasteiger partial charge is 0.355 e. The topological polar surface area (TPSA) is 82.0 Å². The zero-order chi connectivity index (χ0) is 11.7. The van der Waals surface area contributed by atoms with E-state index in [0.29, 0.717) is 18.1 Å². The van der Waals surface area contributed by atoms with Crippen LogP contribution in [0.1, 0.15) is 18.5 Å². The molecule has 0 radical (unpaired) electrons. The second-order valence-corrected chi connectivity index (χ2v) is 4.02. The van der Waals surface area contributed by atoms with Gasteiger partial charge in [0.15, 0.2) is 0 Å². The first-order chi connectivity index (χ1) is 7.58. The molecule has 16 heavy (non-hydrogen) atoms. The lowest BCUT2D eigenvalue weighted by molar-refractivity contribution is 0.436. The number of likely N-dealkylation sites (tertiary alicyclic amines) is 1. The highest BCUT2D eigenvalue weighted by Gasteiger charge is 2.18. The summed E-state index contributed by atoms with van der Waals surface area (Å²) in [6, 6.07) is 1.28. The van der Waals surface area contributed by atoms with Gasteiger partial charge in [-0.1, -0.05) is 0 Å². The molecule has 0 unspecified atom stereocenters. The number of H-pyrrole nitrogens is 1. The van der Waals surface area contributed by atoms with Crippen LogP contribution in [0.25, 0.3) is 0 Å². The summed E-state index contributed by atoms with van der Waals surface area (Å²) < 4.78 is 0.882. The predicted molar refractivity (Wildman–Crippen MR) is 59.9 cm³/mol. The average Bonchev–Trinajstić information content (AvgIpc) is 2.60. The molecule has 2 rings (SSSR count). The highest BCUT2D eigenvalue weighted by atomic mass is 35.5. The zero-order valence-electron chi connectivity index (χ0n) is 8.49. The number of halogens is 1. The molecule has 6 nitrogen and oxygen atoms in total. The summed E-state index contributed by atoms with van der Waals surface area (Å²) in [4.78, 5) is 26.2. The number of hydrogen-bond acceptors (Lipinski definition) is 3. The Labute approximate surface area is 96.1 Å². The molecule has 86 valence electrons. The number of nitrogens with one attached hydrogen (secondary N) is 2. The Morgan fingerprint density at radius 2 is 2.25 bits per heavy atom. The summed E-state index contributed by atoms with van der Waals surface area (Å²) in [5.41, 5.74) is -0.709. The van der Waals surface area contributed by atoms with Crippen LogP contribution in [0.2, 0.25) is 0 Å². The Morgan fingerprint density at radius 3 is 2.88 bits per heavy atom. The smallest absolute Gasteiger partial charge is 0.343 e. The number of hydrogen-bond donors (Lipinski definition) is 2. The first kappa shape index (κ1) is 10.9. The van der Waals surface area contributed by atoms with Gasteiger partial charge in [0, 0.05) is 30.8 Å². The van der Waals surface area contributed by atoms with E-state index >= 15 is 0 Å². The van der Waals surface area contributed by atoms with Gasteiger partial charge in [-0.3, -0.25) is 15.2 Å². The van der Waals surface area contributed by atoms with Crippen molar-refractivity contribution in [2.24, 2.45) is 0 Å². The van der Waals surface area contributed by atoms with Crippen molar-refractivity contribution in [2.45, 2.75) is 19.4 Å². The van der Waals surface area contributed by atoms with E-state index in [-0.39, 0.29) is 0 Å². The molecule has 2 heterocycles. The Balaban J connectivity index is 2.31. The lowest BCUT2D eigenvalue weighted by Crippen LogP contribution is -2.32. The van der Waals surface area contributed by atoms with Gasteiger partial charge < -0.3 is 4.90 Å².